The summed E-state index contributed by atoms with van der Waals surface area (Å²) in [5.41, 5.74) is 0.756. The molecule has 242 valence electrons. The molecule has 0 aliphatic carbocycles. The molecule has 15 heteroatoms. The van der Waals surface area contributed by atoms with Gasteiger partial charge in [0.1, 0.15) is 23.8 Å². The summed E-state index contributed by atoms with van der Waals surface area (Å²) in [7, 11) is 1.50. The number of hydrogen-bond donors (Lipinski definition) is 5. The number of carbonyl (C=O) groups is 4. The Morgan fingerprint density at radius 1 is 1.09 bits per heavy atom. The van der Waals surface area contributed by atoms with Crippen LogP contribution in [-0.4, -0.2) is 93.7 Å². The lowest BCUT2D eigenvalue weighted by Gasteiger charge is -2.27. The van der Waals surface area contributed by atoms with Gasteiger partial charge < -0.3 is 35.8 Å². The second-order valence-electron chi connectivity index (χ2n) is 11.0. The number of nitrogens with one attached hydrogen (secondary N) is 4. The van der Waals surface area contributed by atoms with E-state index in [-0.39, 0.29) is 24.4 Å². The Bertz CT molecular complexity index is 1290. The Hall–Kier alpha value is -3.85. The number of fused-ring (bicyclic) bond motifs is 4. The van der Waals surface area contributed by atoms with Gasteiger partial charge in [-0.2, -0.15) is 11.8 Å². The maximum atomic E-state index is 13.5. The van der Waals surface area contributed by atoms with Gasteiger partial charge in [-0.25, -0.2) is 0 Å². The third-order valence-corrected chi connectivity index (χ3v) is 7.52. The van der Waals surface area contributed by atoms with Crippen molar-refractivity contribution in [3.8, 4) is 11.5 Å². The second kappa shape index (κ2) is 16.9. The van der Waals surface area contributed by atoms with Crippen LogP contribution in [0, 0.1) is 5.92 Å². The van der Waals surface area contributed by atoms with Crippen molar-refractivity contribution >= 4 is 35.4 Å². The molecule has 1 aliphatic heterocycles. The molecule has 1 aliphatic rings. The molecular formula is C29H43N7O7S. The molecule has 4 bridgehead atoms. The van der Waals surface area contributed by atoms with Gasteiger partial charge in [0.2, 0.25) is 17.7 Å². The molecule has 1 aromatic heterocycles. The average molecular weight is 634 g/mol. The molecule has 0 saturated carbocycles. The molecule has 3 rings (SSSR count). The van der Waals surface area contributed by atoms with Crippen LogP contribution in [0.15, 0.2) is 24.4 Å². The Morgan fingerprint density at radius 3 is 2.52 bits per heavy atom. The topological polar surface area (TPSA) is 186 Å². The number of aliphatic hydroxyl groups is 1. The Labute approximate surface area is 261 Å². The van der Waals surface area contributed by atoms with Crippen LogP contribution in [0.5, 0.6) is 11.5 Å². The Morgan fingerprint density at radius 2 is 1.84 bits per heavy atom. The highest BCUT2D eigenvalue weighted by molar-refractivity contribution is 7.98. The van der Waals surface area contributed by atoms with Gasteiger partial charge in [-0.3, -0.25) is 23.9 Å². The van der Waals surface area contributed by atoms with Gasteiger partial charge in [0.15, 0.2) is 11.5 Å². The van der Waals surface area contributed by atoms with Crippen molar-refractivity contribution in [3.05, 3.63) is 35.7 Å². The van der Waals surface area contributed by atoms with Crippen molar-refractivity contribution in [2.45, 2.75) is 77.4 Å². The van der Waals surface area contributed by atoms with Gasteiger partial charge >= 0.3 is 0 Å². The van der Waals surface area contributed by atoms with Crippen molar-refractivity contribution in [1.82, 2.24) is 36.3 Å². The van der Waals surface area contributed by atoms with Crippen molar-refractivity contribution in [2.24, 2.45) is 5.92 Å². The van der Waals surface area contributed by atoms with Crippen LogP contribution in [0.2, 0.25) is 0 Å². The van der Waals surface area contributed by atoms with Crippen LogP contribution in [-0.2, 0) is 27.5 Å². The first-order chi connectivity index (χ1) is 21.0. The molecule has 0 unspecified atom stereocenters. The second-order valence-corrected chi connectivity index (χ2v) is 12.0. The van der Waals surface area contributed by atoms with Crippen LogP contribution in [0.25, 0.3) is 0 Å². The Kier molecular flexibility index (Phi) is 13.3. The maximum Gasteiger partial charge on any atom is 0.252 e. The summed E-state index contributed by atoms with van der Waals surface area (Å²) in [6.45, 7) is 6.02. The van der Waals surface area contributed by atoms with Crippen LogP contribution in [0.1, 0.15) is 56.1 Å². The van der Waals surface area contributed by atoms with Crippen LogP contribution >= 0.6 is 11.8 Å². The van der Waals surface area contributed by atoms with E-state index in [0.717, 1.165) is 0 Å². The minimum Gasteiger partial charge on any atom is -0.493 e. The van der Waals surface area contributed by atoms with E-state index in [1.54, 1.807) is 29.1 Å². The zero-order valence-corrected chi connectivity index (χ0v) is 26.6. The Balaban J connectivity index is 1.94. The molecule has 0 spiro atoms. The fourth-order valence-electron chi connectivity index (χ4n) is 4.54. The molecular weight excluding hydrogens is 590 g/mol. The van der Waals surface area contributed by atoms with Crippen molar-refractivity contribution in [2.75, 3.05) is 25.7 Å². The molecule has 14 nitrogen and oxygen atoms in total. The minimum atomic E-state index is -1.28. The molecule has 4 atom stereocenters. The molecule has 0 saturated heterocycles. The number of ether oxygens (including phenoxy) is 2. The lowest BCUT2D eigenvalue weighted by atomic mass is 10.0. The standard InChI is InChI=1S/C29H43N7O7S/c1-17(2)13-22-28(40)31-21(9-12-44-5)27(39)33-25(18(3)37)29(41)30-15-20-16-36(35-34-20)10-6-11-43-24-14-19(26(38)32-22)7-8-23(24)42-4/h7-8,14,16-18,21-22,25,37H,6,9-13,15H2,1-5H3,(H,30,41)(H,31,40)(H,32,38)(H,33,39)/t18-,21+,22-,25+/m1/s1. The van der Waals surface area contributed by atoms with Gasteiger partial charge in [0, 0.05) is 18.5 Å². The van der Waals surface area contributed by atoms with E-state index in [2.05, 4.69) is 31.6 Å². The first-order valence-corrected chi connectivity index (χ1v) is 16.0. The SMILES string of the molecule is COc1ccc2cc1OCCCn1cc(nn1)CNC(=O)[C@H]([C@@H](C)O)NC(=O)[C@H](CCSC)NC(=O)[C@@H](CC(C)C)NC2=O. The van der Waals surface area contributed by atoms with Crippen molar-refractivity contribution < 1.29 is 33.8 Å². The lowest BCUT2D eigenvalue weighted by Crippen LogP contribution is -2.59. The number of aromatic nitrogens is 3. The first-order valence-electron chi connectivity index (χ1n) is 14.6. The monoisotopic (exact) mass is 633 g/mol. The maximum absolute atomic E-state index is 13.5. The number of rotatable bonds is 7. The lowest BCUT2D eigenvalue weighted by molar-refractivity contribution is -0.134. The number of aliphatic hydroxyl groups excluding tert-OH is 1. The van der Waals surface area contributed by atoms with E-state index >= 15 is 0 Å². The summed E-state index contributed by atoms with van der Waals surface area (Å²) >= 11 is 1.49. The normalized spacial score (nSPS) is 21.5. The number of aryl methyl sites for hydroxylation is 1. The van der Waals surface area contributed by atoms with Gasteiger partial charge in [0.25, 0.3) is 5.91 Å². The number of hydrogen-bond acceptors (Lipinski definition) is 10. The highest BCUT2D eigenvalue weighted by Crippen LogP contribution is 2.28. The number of benzene rings is 1. The molecule has 0 fully saturated rings. The average Bonchev–Trinajstić information content (AvgIpc) is 3.45. The molecule has 4 amide bonds. The summed E-state index contributed by atoms with van der Waals surface area (Å²) in [5.74, 6) is -0.884. The van der Waals surface area contributed by atoms with E-state index < -0.39 is 47.9 Å². The number of thioether (sulfide) groups is 1. The van der Waals surface area contributed by atoms with E-state index in [4.69, 9.17) is 9.47 Å². The van der Waals surface area contributed by atoms with E-state index in [0.29, 0.717) is 48.9 Å². The van der Waals surface area contributed by atoms with E-state index in [9.17, 15) is 24.3 Å². The summed E-state index contributed by atoms with van der Waals surface area (Å²) in [6, 6.07) is 1.52. The summed E-state index contributed by atoms with van der Waals surface area (Å²) in [6.07, 6.45) is 3.45. The number of methoxy groups -OCH3 is 1. The smallest absolute Gasteiger partial charge is 0.252 e. The van der Waals surface area contributed by atoms with Gasteiger partial charge in [-0.1, -0.05) is 19.1 Å². The predicted molar refractivity (Wildman–Crippen MR) is 164 cm³/mol. The molecule has 2 heterocycles. The van der Waals surface area contributed by atoms with Gasteiger partial charge in [-0.05, 0) is 55.9 Å². The predicted octanol–water partition coefficient (Wildman–Crippen LogP) is 0.634. The van der Waals surface area contributed by atoms with Crippen LogP contribution < -0.4 is 30.7 Å². The summed E-state index contributed by atoms with van der Waals surface area (Å²) < 4.78 is 12.9. The summed E-state index contributed by atoms with van der Waals surface area (Å²) in [5, 5.41) is 29.3. The third kappa shape index (κ3) is 10.1. The fraction of sp³-hybridized carbons (Fsp3) is 0.586. The molecule has 44 heavy (non-hydrogen) atoms. The van der Waals surface area contributed by atoms with Crippen LogP contribution in [0.4, 0.5) is 0 Å². The minimum absolute atomic E-state index is 0.0294. The van der Waals surface area contributed by atoms with Crippen molar-refractivity contribution in [3.63, 3.8) is 0 Å². The molecule has 1 aromatic carbocycles. The largest absolute Gasteiger partial charge is 0.493 e. The fourth-order valence-corrected chi connectivity index (χ4v) is 5.01. The van der Waals surface area contributed by atoms with Gasteiger partial charge in [0.05, 0.1) is 32.6 Å². The van der Waals surface area contributed by atoms with Crippen LogP contribution in [0.3, 0.4) is 0 Å². The van der Waals surface area contributed by atoms with E-state index in [1.807, 2.05) is 20.1 Å². The number of carbonyl (C=O) groups excluding carboxylic acids is 4. The number of nitrogens with zero attached hydrogens (tertiary/aromatic N) is 3. The zero-order chi connectivity index (χ0) is 32.2. The summed E-state index contributed by atoms with van der Waals surface area (Å²) in [4.78, 5) is 53.2. The van der Waals surface area contributed by atoms with Crippen molar-refractivity contribution in [1.29, 1.82) is 0 Å². The molecule has 2 aromatic rings. The van der Waals surface area contributed by atoms with Gasteiger partial charge in [-0.15, -0.1) is 5.10 Å². The molecule has 5 N–H and O–H groups in total. The van der Waals surface area contributed by atoms with E-state index in [1.165, 1.54) is 25.8 Å². The molecule has 0 radical (unpaired) electrons. The number of amides is 4. The quantitative estimate of drug-likeness (QED) is 0.290. The zero-order valence-electron chi connectivity index (χ0n) is 25.8. The first kappa shape index (κ1) is 34.6. The highest BCUT2D eigenvalue weighted by atomic mass is 32.2. The third-order valence-electron chi connectivity index (χ3n) is 6.88. The highest BCUT2D eigenvalue weighted by Gasteiger charge is 2.32.